The summed E-state index contributed by atoms with van der Waals surface area (Å²) in [5, 5.41) is 3.52. The normalized spacial score (nSPS) is 21.9. The maximum Gasteiger partial charge on any atom is 0.336 e. The van der Waals surface area contributed by atoms with E-state index in [9.17, 15) is 4.79 Å². The molecular formula is C9H13N3O4. The van der Waals surface area contributed by atoms with E-state index in [0.29, 0.717) is 25.6 Å². The molecule has 1 aliphatic rings. The number of aromatic nitrogens is 2. The highest BCUT2D eigenvalue weighted by atomic mass is 16.6. The number of nitrogens with zero attached hydrogens (tertiary/aromatic N) is 3. The van der Waals surface area contributed by atoms with Crippen molar-refractivity contribution in [2.45, 2.75) is 12.6 Å². The molecule has 0 spiro atoms. The van der Waals surface area contributed by atoms with Gasteiger partial charge in [0.25, 0.3) is 0 Å². The molecular weight excluding hydrogens is 214 g/mol. The maximum atomic E-state index is 11.3. The third-order valence-corrected chi connectivity index (χ3v) is 2.38. The Hall–Kier alpha value is -1.47. The number of ether oxygens (including phenoxy) is 2. The summed E-state index contributed by atoms with van der Waals surface area (Å²) in [5.74, 6) is 0.181. The first-order chi connectivity index (χ1) is 7.79. The van der Waals surface area contributed by atoms with Crippen molar-refractivity contribution in [1.29, 1.82) is 0 Å². The van der Waals surface area contributed by atoms with E-state index < -0.39 is 6.10 Å². The van der Waals surface area contributed by atoms with Crippen LogP contribution >= 0.6 is 0 Å². The first-order valence-corrected chi connectivity index (χ1v) is 4.97. The zero-order valence-electron chi connectivity index (χ0n) is 8.96. The molecule has 0 aromatic carbocycles. The summed E-state index contributed by atoms with van der Waals surface area (Å²) in [4.78, 5) is 17.2. The van der Waals surface area contributed by atoms with Crippen LogP contribution in [-0.4, -0.2) is 53.9 Å². The Morgan fingerprint density at radius 1 is 1.75 bits per heavy atom. The van der Waals surface area contributed by atoms with Gasteiger partial charge in [0.05, 0.1) is 20.3 Å². The Morgan fingerprint density at radius 2 is 2.62 bits per heavy atom. The van der Waals surface area contributed by atoms with Gasteiger partial charge in [-0.2, -0.15) is 4.98 Å². The molecule has 0 radical (unpaired) electrons. The van der Waals surface area contributed by atoms with E-state index in [1.807, 2.05) is 4.90 Å². The third-order valence-electron chi connectivity index (χ3n) is 2.38. The van der Waals surface area contributed by atoms with Crippen LogP contribution in [0.15, 0.2) is 10.9 Å². The second-order valence-corrected chi connectivity index (χ2v) is 3.45. The second-order valence-electron chi connectivity index (χ2n) is 3.45. The number of rotatable bonds is 3. The predicted molar refractivity (Wildman–Crippen MR) is 51.3 cm³/mol. The molecule has 1 aromatic heterocycles. The van der Waals surface area contributed by atoms with Crippen LogP contribution in [0.2, 0.25) is 0 Å². The van der Waals surface area contributed by atoms with Crippen molar-refractivity contribution in [2.75, 3.05) is 26.8 Å². The van der Waals surface area contributed by atoms with Gasteiger partial charge in [-0.25, -0.2) is 4.79 Å². The lowest BCUT2D eigenvalue weighted by molar-refractivity contribution is -0.160. The average Bonchev–Trinajstić information content (AvgIpc) is 2.81. The van der Waals surface area contributed by atoms with Crippen molar-refractivity contribution in [3.05, 3.63) is 12.2 Å². The fourth-order valence-corrected chi connectivity index (χ4v) is 1.58. The Bertz CT molecular complexity index is 341. The van der Waals surface area contributed by atoms with Crippen LogP contribution in [0.5, 0.6) is 0 Å². The lowest BCUT2D eigenvalue weighted by Crippen LogP contribution is -2.46. The standard InChI is InChI=1S/C9H13N3O4/c1-14-9(13)7-4-12(2-3-15-7)5-8-10-6-11-16-8/h6-7H,2-5H2,1H3. The number of methoxy groups -OCH3 is 1. The van der Waals surface area contributed by atoms with Gasteiger partial charge < -0.3 is 14.0 Å². The molecule has 1 aliphatic heterocycles. The van der Waals surface area contributed by atoms with E-state index in [1.165, 1.54) is 13.4 Å². The molecule has 2 rings (SSSR count). The number of hydrogen-bond donors (Lipinski definition) is 0. The quantitative estimate of drug-likeness (QED) is 0.640. The summed E-state index contributed by atoms with van der Waals surface area (Å²) in [6.45, 7) is 2.23. The maximum absolute atomic E-state index is 11.3. The number of carbonyl (C=O) groups excluding carboxylic acids is 1. The first-order valence-electron chi connectivity index (χ1n) is 4.97. The molecule has 0 amide bonds. The van der Waals surface area contributed by atoms with Crippen LogP contribution in [0.4, 0.5) is 0 Å². The van der Waals surface area contributed by atoms with Crippen LogP contribution in [-0.2, 0) is 20.8 Å². The van der Waals surface area contributed by atoms with Gasteiger partial charge in [0.2, 0.25) is 5.89 Å². The predicted octanol–water partition coefficient (Wildman–Crippen LogP) is -0.557. The van der Waals surface area contributed by atoms with Gasteiger partial charge in [0.1, 0.15) is 0 Å². The molecule has 0 N–H and O–H groups in total. The van der Waals surface area contributed by atoms with Crippen molar-refractivity contribution in [2.24, 2.45) is 0 Å². The second kappa shape index (κ2) is 5.04. The van der Waals surface area contributed by atoms with Gasteiger partial charge >= 0.3 is 5.97 Å². The highest BCUT2D eigenvalue weighted by molar-refractivity contribution is 5.74. The Labute approximate surface area is 92.3 Å². The molecule has 0 aliphatic carbocycles. The largest absolute Gasteiger partial charge is 0.467 e. The van der Waals surface area contributed by atoms with Crippen molar-refractivity contribution < 1.29 is 18.8 Å². The van der Waals surface area contributed by atoms with Gasteiger partial charge in [-0.05, 0) is 0 Å². The minimum Gasteiger partial charge on any atom is -0.467 e. The van der Waals surface area contributed by atoms with Crippen LogP contribution in [0.25, 0.3) is 0 Å². The highest BCUT2D eigenvalue weighted by Gasteiger charge is 2.27. The minimum absolute atomic E-state index is 0.352. The Kier molecular flexibility index (Phi) is 3.47. The molecule has 1 fully saturated rings. The summed E-state index contributed by atoms with van der Waals surface area (Å²) in [6, 6.07) is 0. The summed E-state index contributed by atoms with van der Waals surface area (Å²) >= 11 is 0. The van der Waals surface area contributed by atoms with Gasteiger partial charge in [0, 0.05) is 13.1 Å². The van der Waals surface area contributed by atoms with E-state index in [4.69, 9.17) is 9.26 Å². The number of morpholine rings is 1. The Balaban J connectivity index is 1.89. The van der Waals surface area contributed by atoms with Gasteiger partial charge in [-0.3, -0.25) is 4.90 Å². The van der Waals surface area contributed by atoms with Crippen LogP contribution in [0.3, 0.4) is 0 Å². The number of carbonyl (C=O) groups is 1. The van der Waals surface area contributed by atoms with E-state index >= 15 is 0 Å². The molecule has 1 aromatic rings. The van der Waals surface area contributed by atoms with Crippen molar-refractivity contribution in [3.8, 4) is 0 Å². The summed E-state index contributed by atoms with van der Waals surface area (Å²) in [7, 11) is 1.35. The van der Waals surface area contributed by atoms with Crippen molar-refractivity contribution in [3.63, 3.8) is 0 Å². The first kappa shape index (κ1) is 11.0. The highest BCUT2D eigenvalue weighted by Crippen LogP contribution is 2.09. The monoisotopic (exact) mass is 227 g/mol. The van der Waals surface area contributed by atoms with Gasteiger partial charge in [0.15, 0.2) is 12.4 Å². The summed E-state index contributed by atoms with van der Waals surface area (Å²) < 4.78 is 14.8. The third kappa shape index (κ3) is 2.56. The SMILES string of the molecule is COC(=O)C1CN(Cc2ncno2)CCO1. The molecule has 2 heterocycles. The molecule has 7 heteroatoms. The van der Waals surface area contributed by atoms with Crippen LogP contribution in [0, 0.1) is 0 Å². The molecule has 16 heavy (non-hydrogen) atoms. The van der Waals surface area contributed by atoms with Crippen molar-refractivity contribution >= 4 is 5.97 Å². The minimum atomic E-state index is -0.526. The van der Waals surface area contributed by atoms with Crippen LogP contribution < -0.4 is 0 Å². The fourth-order valence-electron chi connectivity index (χ4n) is 1.58. The van der Waals surface area contributed by atoms with Crippen molar-refractivity contribution in [1.82, 2.24) is 15.0 Å². The smallest absolute Gasteiger partial charge is 0.336 e. The molecule has 1 unspecified atom stereocenters. The van der Waals surface area contributed by atoms with Crippen LogP contribution in [0.1, 0.15) is 5.89 Å². The summed E-state index contributed by atoms with van der Waals surface area (Å²) in [5.41, 5.74) is 0. The van der Waals surface area contributed by atoms with Gasteiger partial charge in [-0.15, -0.1) is 0 Å². The zero-order chi connectivity index (χ0) is 11.4. The lowest BCUT2D eigenvalue weighted by Gasteiger charge is -2.30. The molecule has 1 saturated heterocycles. The molecule has 7 nitrogen and oxygen atoms in total. The molecule has 88 valence electrons. The molecule has 0 saturated carbocycles. The number of esters is 1. The van der Waals surface area contributed by atoms with E-state index in [0.717, 1.165) is 6.54 Å². The fraction of sp³-hybridized carbons (Fsp3) is 0.667. The lowest BCUT2D eigenvalue weighted by atomic mass is 10.2. The van der Waals surface area contributed by atoms with E-state index in [1.54, 1.807) is 0 Å². The van der Waals surface area contributed by atoms with E-state index in [2.05, 4.69) is 14.9 Å². The van der Waals surface area contributed by atoms with E-state index in [-0.39, 0.29) is 5.97 Å². The zero-order valence-corrected chi connectivity index (χ0v) is 8.96. The number of hydrogen-bond acceptors (Lipinski definition) is 7. The topological polar surface area (TPSA) is 77.7 Å². The summed E-state index contributed by atoms with van der Waals surface area (Å²) in [6.07, 6.45) is 0.829. The molecule has 1 atom stereocenters. The Morgan fingerprint density at radius 3 is 3.31 bits per heavy atom. The molecule has 0 bridgehead atoms. The average molecular weight is 227 g/mol. The van der Waals surface area contributed by atoms with Gasteiger partial charge in [-0.1, -0.05) is 5.16 Å².